The van der Waals surface area contributed by atoms with E-state index in [1.807, 2.05) is 27.8 Å². The average Bonchev–Trinajstić information content (AvgIpc) is 2.27. The van der Waals surface area contributed by atoms with E-state index in [1.54, 1.807) is 14.0 Å². The van der Waals surface area contributed by atoms with Crippen LogP contribution in [0, 0.1) is 0 Å². The number of nitrogens with one attached hydrogen (secondary N) is 1. The summed E-state index contributed by atoms with van der Waals surface area (Å²) in [7, 11) is 3.68. The lowest BCUT2D eigenvalue weighted by Crippen LogP contribution is -2.51. The maximum Gasteiger partial charge on any atom is 0.323 e. The smallest absolute Gasteiger partial charge is 0.323 e. The molecule has 0 aromatic rings. The minimum absolute atomic E-state index is 0.175. The maximum absolute atomic E-state index is 11.2. The highest BCUT2D eigenvalue weighted by Crippen LogP contribution is 2.15. The summed E-state index contributed by atoms with van der Waals surface area (Å²) in [6.07, 6.45) is 0.784. The molecule has 0 aliphatic heterocycles. The van der Waals surface area contributed by atoms with Crippen molar-refractivity contribution in [3.8, 4) is 0 Å². The number of rotatable bonds is 9. The predicted molar refractivity (Wildman–Crippen MR) is 72.9 cm³/mol. The number of carboxylic acids is 1. The first-order valence-electron chi connectivity index (χ1n) is 6.47. The van der Waals surface area contributed by atoms with Gasteiger partial charge in [0.25, 0.3) is 0 Å². The van der Waals surface area contributed by atoms with E-state index < -0.39 is 11.5 Å². The van der Waals surface area contributed by atoms with Gasteiger partial charge < -0.3 is 20.1 Å². The van der Waals surface area contributed by atoms with Crippen LogP contribution in [-0.4, -0.2) is 60.9 Å². The molecule has 0 aliphatic rings. The molecule has 0 fully saturated rings. The second kappa shape index (κ2) is 7.71. The van der Waals surface area contributed by atoms with Gasteiger partial charge in [0.15, 0.2) is 0 Å². The lowest BCUT2D eigenvalue weighted by molar-refractivity contribution is -0.144. The normalized spacial score (nSPS) is 16.9. The second-order valence-corrected chi connectivity index (χ2v) is 5.34. The first-order valence-corrected chi connectivity index (χ1v) is 6.47. The quantitative estimate of drug-likeness (QED) is 0.652. The van der Waals surface area contributed by atoms with Crippen LogP contribution in [-0.2, 0) is 9.53 Å². The molecule has 0 spiro atoms. The van der Waals surface area contributed by atoms with Gasteiger partial charge in [-0.3, -0.25) is 4.79 Å². The van der Waals surface area contributed by atoms with Crippen molar-refractivity contribution < 1.29 is 14.6 Å². The van der Waals surface area contributed by atoms with Crippen LogP contribution in [0.15, 0.2) is 0 Å². The van der Waals surface area contributed by atoms with Gasteiger partial charge in [0, 0.05) is 12.6 Å². The highest BCUT2D eigenvalue weighted by atomic mass is 16.5. The lowest BCUT2D eigenvalue weighted by atomic mass is 9.93. The monoisotopic (exact) mass is 260 g/mol. The molecule has 0 amide bonds. The number of ether oxygens (including phenoxy) is 1. The Labute approximate surface area is 110 Å². The van der Waals surface area contributed by atoms with Crippen LogP contribution < -0.4 is 5.32 Å². The zero-order valence-electron chi connectivity index (χ0n) is 12.5. The molecule has 2 unspecified atom stereocenters. The summed E-state index contributed by atoms with van der Waals surface area (Å²) in [6, 6.07) is 0.175. The van der Waals surface area contributed by atoms with Crippen molar-refractivity contribution in [3.63, 3.8) is 0 Å². The van der Waals surface area contributed by atoms with E-state index in [0.717, 1.165) is 6.54 Å². The maximum atomic E-state index is 11.2. The summed E-state index contributed by atoms with van der Waals surface area (Å²) in [4.78, 5) is 13.3. The first-order chi connectivity index (χ1) is 8.23. The molecule has 0 saturated carbocycles. The molecule has 0 aromatic heterocycles. The van der Waals surface area contributed by atoms with E-state index in [1.165, 1.54) is 0 Å². The molecule has 5 heteroatoms. The van der Waals surface area contributed by atoms with Gasteiger partial charge in [0.2, 0.25) is 0 Å². The van der Waals surface area contributed by atoms with Gasteiger partial charge in [-0.15, -0.1) is 0 Å². The van der Waals surface area contributed by atoms with Crippen molar-refractivity contribution in [2.45, 2.75) is 51.8 Å². The fraction of sp³-hybridized carbons (Fsp3) is 0.923. The SMILES string of the molecule is CNC(C)(CC(C)N(C)CCOC(C)C)C(=O)O. The molecule has 0 heterocycles. The summed E-state index contributed by atoms with van der Waals surface area (Å²) in [5.41, 5.74) is -0.882. The minimum atomic E-state index is -0.882. The number of hydrogen-bond donors (Lipinski definition) is 2. The third-order valence-electron chi connectivity index (χ3n) is 3.38. The summed E-state index contributed by atoms with van der Waals surface area (Å²) in [5, 5.41) is 12.1. The van der Waals surface area contributed by atoms with Crippen LogP contribution in [0.5, 0.6) is 0 Å². The van der Waals surface area contributed by atoms with Crippen molar-refractivity contribution in [2.75, 3.05) is 27.2 Å². The van der Waals surface area contributed by atoms with Crippen molar-refractivity contribution in [1.29, 1.82) is 0 Å². The lowest BCUT2D eigenvalue weighted by Gasteiger charge is -2.32. The Morgan fingerprint density at radius 1 is 1.44 bits per heavy atom. The second-order valence-electron chi connectivity index (χ2n) is 5.34. The summed E-state index contributed by atoms with van der Waals surface area (Å²) < 4.78 is 5.49. The minimum Gasteiger partial charge on any atom is -0.480 e. The molecular formula is C13H28N2O3. The number of aliphatic carboxylic acids is 1. The molecule has 5 nitrogen and oxygen atoms in total. The zero-order chi connectivity index (χ0) is 14.3. The van der Waals surface area contributed by atoms with Crippen molar-refractivity contribution in [3.05, 3.63) is 0 Å². The van der Waals surface area contributed by atoms with Gasteiger partial charge in [-0.05, 0) is 48.2 Å². The number of likely N-dealkylation sites (N-methyl/N-ethyl adjacent to an activating group) is 2. The Balaban J connectivity index is 4.21. The van der Waals surface area contributed by atoms with Crippen LogP contribution in [0.1, 0.15) is 34.1 Å². The standard InChI is InChI=1S/C13H28N2O3/c1-10(2)18-8-7-15(6)11(3)9-13(4,14-5)12(16)17/h10-11,14H,7-9H2,1-6H3,(H,16,17). The zero-order valence-corrected chi connectivity index (χ0v) is 12.5. The van der Waals surface area contributed by atoms with Gasteiger partial charge in [-0.25, -0.2) is 0 Å². The van der Waals surface area contributed by atoms with Crippen molar-refractivity contribution >= 4 is 5.97 Å². The number of hydrogen-bond acceptors (Lipinski definition) is 4. The first kappa shape index (κ1) is 17.4. The van der Waals surface area contributed by atoms with Gasteiger partial charge in [-0.1, -0.05) is 0 Å². The Bertz CT molecular complexity index is 259. The number of carbonyl (C=O) groups is 1. The van der Waals surface area contributed by atoms with Crippen LogP contribution >= 0.6 is 0 Å². The highest BCUT2D eigenvalue weighted by molar-refractivity contribution is 5.78. The van der Waals surface area contributed by atoms with E-state index in [0.29, 0.717) is 13.0 Å². The van der Waals surface area contributed by atoms with Gasteiger partial charge in [0.05, 0.1) is 12.7 Å². The van der Waals surface area contributed by atoms with Gasteiger partial charge in [-0.2, -0.15) is 0 Å². The van der Waals surface area contributed by atoms with Crippen molar-refractivity contribution in [2.24, 2.45) is 0 Å². The molecule has 0 radical (unpaired) electrons. The Morgan fingerprint density at radius 3 is 2.39 bits per heavy atom. The molecule has 2 atom stereocenters. The summed E-state index contributed by atoms with van der Waals surface area (Å²) >= 11 is 0. The topological polar surface area (TPSA) is 61.8 Å². The number of carboxylic acid groups (broad SMARTS) is 1. The molecule has 0 bridgehead atoms. The molecule has 0 aromatic carbocycles. The third-order valence-corrected chi connectivity index (χ3v) is 3.38. The summed E-state index contributed by atoms with van der Waals surface area (Å²) in [5.74, 6) is -0.816. The Kier molecular flexibility index (Phi) is 7.43. The van der Waals surface area contributed by atoms with Gasteiger partial charge >= 0.3 is 5.97 Å². The predicted octanol–water partition coefficient (Wildman–Crippen LogP) is 1.18. The van der Waals surface area contributed by atoms with Crippen LogP contribution in [0.2, 0.25) is 0 Å². The van der Waals surface area contributed by atoms with Gasteiger partial charge in [0.1, 0.15) is 5.54 Å². The highest BCUT2D eigenvalue weighted by Gasteiger charge is 2.33. The molecule has 0 aliphatic carbocycles. The van der Waals surface area contributed by atoms with E-state index in [2.05, 4.69) is 10.2 Å². The molecule has 108 valence electrons. The van der Waals surface area contributed by atoms with E-state index in [-0.39, 0.29) is 12.1 Å². The fourth-order valence-electron chi connectivity index (χ4n) is 1.70. The van der Waals surface area contributed by atoms with E-state index in [4.69, 9.17) is 4.74 Å². The molecule has 0 rings (SSSR count). The third kappa shape index (κ3) is 5.80. The molecule has 18 heavy (non-hydrogen) atoms. The van der Waals surface area contributed by atoms with Crippen LogP contribution in [0.3, 0.4) is 0 Å². The Hall–Kier alpha value is -0.650. The largest absolute Gasteiger partial charge is 0.480 e. The number of nitrogens with zero attached hydrogens (tertiary/aromatic N) is 1. The van der Waals surface area contributed by atoms with Crippen LogP contribution in [0.25, 0.3) is 0 Å². The molecule has 0 saturated heterocycles. The van der Waals surface area contributed by atoms with Crippen LogP contribution in [0.4, 0.5) is 0 Å². The summed E-state index contributed by atoms with van der Waals surface area (Å²) in [6.45, 7) is 9.23. The van der Waals surface area contributed by atoms with E-state index >= 15 is 0 Å². The Morgan fingerprint density at radius 2 is 2.00 bits per heavy atom. The molecule has 2 N–H and O–H groups in total. The fourth-order valence-corrected chi connectivity index (χ4v) is 1.70. The molecular weight excluding hydrogens is 232 g/mol. The average molecular weight is 260 g/mol. The van der Waals surface area contributed by atoms with Crippen molar-refractivity contribution in [1.82, 2.24) is 10.2 Å². The van der Waals surface area contributed by atoms with E-state index in [9.17, 15) is 9.90 Å².